The highest BCUT2D eigenvalue weighted by Crippen LogP contribution is 2.34. The maximum atomic E-state index is 6.01. The molecule has 1 heterocycles. The molecule has 21 heavy (non-hydrogen) atoms. The number of benzene rings is 2. The second kappa shape index (κ2) is 5.48. The molecule has 0 amide bonds. The van der Waals surface area contributed by atoms with Crippen LogP contribution in [0.3, 0.4) is 0 Å². The minimum absolute atomic E-state index is 0.0414. The van der Waals surface area contributed by atoms with Crippen molar-refractivity contribution in [1.29, 1.82) is 0 Å². The van der Waals surface area contributed by atoms with Gasteiger partial charge in [-0.3, -0.25) is 0 Å². The van der Waals surface area contributed by atoms with Gasteiger partial charge in [-0.1, -0.05) is 24.3 Å². The lowest BCUT2D eigenvalue weighted by molar-refractivity contribution is 0.334. The van der Waals surface area contributed by atoms with Crippen molar-refractivity contribution in [3.8, 4) is 5.75 Å². The van der Waals surface area contributed by atoms with E-state index in [-0.39, 0.29) is 6.04 Å². The molecule has 4 nitrogen and oxygen atoms in total. The average molecular weight is 281 g/mol. The summed E-state index contributed by atoms with van der Waals surface area (Å²) in [5.74, 6) is 1.30. The molecule has 1 aliphatic heterocycles. The first-order chi connectivity index (χ1) is 10.1. The molecule has 1 atom stereocenters. The molecule has 108 valence electrons. The van der Waals surface area contributed by atoms with Crippen molar-refractivity contribution in [3.05, 3.63) is 59.2 Å². The molecule has 0 spiro atoms. The van der Waals surface area contributed by atoms with Gasteiger partial charge in [0.05, 0.1) is 0 Å². The molecule has 0 fully saturated rings. The summed E-state index contributed by atoms with van der Waals surface area (Å²) < 4.78 is 5.61. The molecule has 1 unspecified atom stereocenters. The average Bonchev–Trinajstić information content (AvgIpc) is 2.86. The van der Waals surface area contributed by atoms with E-state index in [2.05, 4.69) is 36.3 Å². The zero-order valence-corrected chi connectivity index (χ0v) is 12.3. The Kier molecular flexibility index (Phi) is 3.52. The van der Waals surface area contributed by atoms with Crippen LogP contribution >= 0.6 is 0 Å². The van der Waals surface area contributed by atoms with Gasteiger partial charge in [-0.15, -0.1) is 0 Å². The Morgan fingerprint density at radius 3 is 2.81 bits per heavy atom. The fourth-order valence-electron chi connectivity index (χ4n) is 2.42. The summed E-state index contributed by atoms with van der Waals surface area (Å²) in [6, 6.07) is 14.0. The highest BCUT2D eigenvalue weighted by molar-refractivity contribution is 5.92. The van der Waals surface area contributed by atoms with Crippen LogP contribution in [-0.2, 0) is 0 Å². The summed E-state index contributed by atoms with van der Waals surface area (Å²) in [6.07, 6.45) is 0. The largest absolute Gasteiger partial charge is 0.491 e. The van der Waals surface area contributed by atoms with Gasteiger partial charge in [0.2, 0.25) is 0 Å². The van der Waals surface area contributed by atoms with E-state index in [1.165, 1.54) is 11.1 Å². The Labute approximate surface area is 124 Å². The minimum atomic E-state index is -0.0414. The number of anilines is 1. The van der Waals surface area contributed by atoms with Gasteiger partial charge in [-0.05, 0) is 43.2 Å². The second-order valence-corrected chi connectivity index (χ2v) is 5.30. The molecule has 0 saturated carbocycles. The number of hydrogen-bond donors (Lipinski definition) is 2. The van der Waals surface area contributed by atoms with Gasteiger partial charge in [0.1, 0.15) is 18.4 Å². The number of aryl methyl sites for hydroxylation is 2. The maximum Gasteiger partial charge on any atom is 0.193 e. The number of fused-ring (bicyclic) bond motifs is 1. The molecular weight excluding hydrogens is 262 g/mol. The van der Waals surface area contributed by atoms with Crippen molar-refractivity contribution in [2.75, 3.05) is 11.9 Å². The third kappa shape index (κ3) is 2.84. The first kappa shape index (κ1) is 13.5. The highest BCUT2D eigenvalue weighted by atomic mass is 16.5. The van der Waals surface area contributed by atoms with E-state index < -0.39 is 0 Å². The summed E-state index contributed by atoms with van der Waals surface area (Å²) in [6.45, 7) is 4.70. The first-order valence-electron chi connectivity index (χ1n) is 7.03. The van der Waals surface area contributed by atoms with E-state index in [1.54, 1.807) is 0 Å². The topological polar surface area (TPSA) is 59.6 Å². The van der Waals surface area contributed by atoms with Gasteiger partial charge in [-0.25, -0.2) is 4.99 Å². The molecule has 0 radical (unpaired) electrons. The van der Waals surface area contributed by atoms with Crippen molar-refractivity contribution in [2.45, 2.75) is 19.9 Å². The first-order valence-corrected chi connectivity index (χ1v) is 7.03. The van der Waals surface area contributed by atoms with Crippen LogP contribution < -0.4 is 15.8 Å². The van der Waals surface area contributed by atoms with E-state index >= 15 is 0 Å². The van der Waals surface area contributed by atoms with Crippen molar-refractivity contribution in [1.82, 2.24) is 0 Å². The zero-order chi connectivity index (χ0) is 14.8. The Balaban J connectivity index is 1.76. The Morgan fingerprint density at radius 2 is 2.00 bits per heavy atom. The fourth-order valence-corrected chi connectivity index (χ4v) is 2.42. The predicted octanol–water partition coefficient (Wildman–Crippen LogP) is 3.16. The van der Waals surface area contributed by atoms with Gasteiger partial charge in [0, 0.05) is 11.3 Å². The summed E-state index contributed by atoms with van der Waals surface area (Å²) >= 11 is 0. The summed E-state index contributed by atoms with van der Waals surface area (Å²) in [5.41, 5.74) is 10.5. The Bertz CT molecular complexity index is 694. The molecule has 1 aliphatic rings. The van der Waals surface area contributed by atoms with E-state index in [0.29, 0.717) is 12.6 Å². The van der Waals surface area contributed by atoms with Crippen LogP contribution in [0.25, 0.3) is 0 Å². The van der Waals surface area contributed by atoms with Crippen molar-refractivity contribution in [3.63, 3.8) is 0 Å². The smallest absolute Gasteiger partial charge is 0.193 e. The van der Waals surface area contributed by atoms with Crippen LogP contribution in [0.15, 0.2) is 47.5 Å². The maximum absolute atomic E-state index is 6.01. The molecule has 0 bridgehead atoms. The van der Waals surface area contributed by atoms with Gasteiger partial charge >= 0.3 is 0 Å². The molecule has 2 aromatic rings. The molecule has 2 aromatic carbocycles. The zero-order valence-electron chi connectivity index (χ0n) is 12.3. The number of hydrogen-bond acceptors (Lipinski definition) is 2. The molecular formula is C17H19N3O. The normalized spacial score (nSPS) is 17.2. The summed E-state index contributed by atoms with van der Waals surface area (Å²) in [4.78, 5) is 4.52. The van der Waals surface area contributed by atoms with Crippen LogP contribution in [0.5, 0.6) is 5.75 Å². The summed E-state index contributed by atoms with van der Waals surface area (Å²) in [5, 5.41) is 3.14. The van der Waals surface area contributed by atoms with E-state index in [4.69, 9.17) is 10.5 Å². The number of para-hydroxylation sites is 1. The number of aliphatic imine (C=N–C) groups is 1. The van der Waals surface area contributed by atoms with Gasteiger partial charge in [0.25, 0.3) is 0 Å². The minimum Gasteiger partial charge on any atom is -0.491 e. The van der Waals surface area contributed by atoms with Crippen LogP contribution in [0.1, 0.15) is 22.7 Å². The third-order valence-electron chi connectivity index (χ3n) is 3.75. The van der Waals surface area contributed by atoms with Crippen LogP contribution in [0.2, 0.25) is 0 Å². The van der Waals surface area contributed by atoms with Gasteiger partial charge < -0.3 is 15.8 Å². The lowest BCUT2D eigenvalue weighted by Gasteiger charge is -2.10. The Hall–Kier alpha value is -2.49. The van der Waals surface area contributed by atoms with E-state index in [0.717, 1.165) is 17.0 Å². The SMILES string of the molecule is Cc1ccc(NC(N)=NC2COc3ccccc32)cc1C. The number of nitrogens with one attached hydrogen (secondary N) is 1. The standard InChI is InChI=1S/C17H19N3O/c1-11-7-8-13(9-12(11)2)19-17(18)20-15-10-21-16-6-4-3-5-14(15)16/h3-9,15H,10H2,1-2H3,(H3,18,19,20). The van der Waals surface area contributed by atoms with Crippen molar-refractivity contribution < 1.29 is 4.74 Å². The quantitative estimate of drug-likeness (QED) is 0.656. The van der Waals surface area contributed by atoms with E-state index in [1.807, 2.05) is 30.3 Å². The number of nitrogens with zero attached hydrogens (tertiary/aromatic N) is 1. The molecule has 4 heteroatoms. The molecule has 0 saturated heterocycles. The van der Waals surface area contributed by atoms with E-state index in [9.17, 15) is 0 Å². The highest BCUT2D eigenvalue weighted by Gasteiger charge is 2.23. The predicted molar refractivity (Wildman–Crippen MR) is 85.8 cm³/mol. The Morgan fingerprint density at radius 1 is 1.19 bits per heavy atom. The number of guanidine groups is 1. The molecule has 0 aromatic heterocycles. The lowest BCUT2D eigenvalue weighted by atomic mass is 10.1. The van der Waals surface area contributed by atoms with Crippen LogP contribution in [0.4, 0.5) is 5.69 Å². The second-order valence-electron chi connectivity index (χ2n) is 5.30. The summed E-state index contributed by atoms with van der Waals surface area (Å²) in [7, 11) is 0. The molecule has 3 N–H and O–H groups in total. The van der Waals surface area contributed by atoms with Gasteiger partial charge in [-0.2, -0.15) is 0 Å². The number of ether oxygens (including phenoxy) is 1. The number of rotatable bonds is 2. The lowest BCUT2D eigenvalue weighted by Crippen LogP contribution is -2.23. The van der Waals surface area contributed by atoms with Crippen molar-refractivity contribution in [2.24, 2.45) is 10.7 Å². The van der Waals surface area contributed by atoms with Crippen molar-refractivity contribution >= 4 is 11.6 Å². The molecule has 3 rings (SSSR count). The van der Waals surface area contributed by atoms with Crippen LogP contribution in [-0.4, -0.2) is 12.6 Å². The third-order valence-corrected chi connectivity index (χ3v) is 3.75. The number of nitrogens with two attached hydrogens (primary N) is 1. The fraction of sp³-hybridized carbons (Fsp3) is 0.235. The van der Waals surface area contributed by atoms with Gasteiger partial charge in [0.15, 0.2) is 5.96 Å². The monoisotopic (exact) mass is 281 g/mol. The van der Waals surface area contributed by atoms with Crippen LogP contribution in [0, 0.1) is 13.8 Å². The molecule has 0 aliphatic carbocycles.